The maximum Gasteiger partial charge on any atom is 0.231 e. The highest BCUT2D eigenvalue weighted by atomic mass is 16.5. The second kappa shape index (κ2) is 7.46. The lowest BCUT2D eigenvalue weighted by Gasteiger charge is -2.36. The first-order valence-corrected chi connectivity index (χ1v) is 9.32. The van der Waals surface area contributed by atoms with Gasteiger partial charge >= 0.3 is 0 Å². The molecule has 0 unspecified atom stereocenters. The van der Waals surface area contributed by atoms with Crippen molar-refractivity contribution in [1.29, 1.82) is 0 Å². The zero-order valence-corrected chi connectivity index (χ0v) is 15.4. The van der Waals surface area contributed by atoms with Gasteiger partial charge in [-0.1, -0.05) is 36.3 Å². The quantitative estimate of drug-likeness (QED) is 0.676. The van der Waals surface area contributed by atoms with E-state index < -0.39 is 0 Å². The van der Waals surface area contributed by atoms with Gasteiger partial charge in [0, 0.05) is 0 Å². The number of nitrogens with zero attached hydrogens (tertiary/aromatic N) is 3. The normalized spacial score (nSPS) is 21.2. The van der Waals surface area contributed by atoms with Crippen LogP contribution in [0.3, 0.4) is 0 Å². The van der Waals surface area contributed by atoms with E-state index in [2.05, 4.69) is 47.1 Å². The molecule has 0 amide bonds. The molecule has 0 saturated carbocycles. The molecule has 0 spiro atoms. The van der Waals surface area contributed by atoms with Crippen molar-refractivity contribution in [1.82, 2.24) is 15.0 Å². The van der Waals surface area contributed by atoms with Gasteiger partial charge in [0.05, 0.1) is 25.3 Å². The van der Waals surface area contributed by atoms with Crippen LogP contribution in [-0.2, 0) is 13.0 Å². The summed E-state index contributed by atoms with van der Waals surface area (Å²) in [5, 5.41) is 4.21. The molecule has 5 nitrogen and oxygen atoms in total. The molecule has 4 rings (SSSR count). The number of hydrogen-bond acceptors (Lipinski definition) is 5. The van der Waals surface area contributed by atoms with Crippen LogP contribution in [0.4, 0.5) is 0 Å². The maximum atomic E-state index is 5.68. The van der Waals surface area contributed by atoms with E-state index >= 15 is 0 Å². The molecule has 136 valence electrons. The Morgan fingerprint density at radius 3 is 2.88 bits per heavy atom. The van der Waals surface area contributed by atoms with Crippen LogP contribution in [-0.4, -0.2) is 21.6 Å². The minimum Gasteiger partial charge on any atom is -0.468 e. The molecule has 2 aromatic heterocycles. The van der Waals surface area contributed by atoms with Crippen molar-refractivity contribution in [2.24, 2.45) is 5.92 Å². The predicted octanol–water partition coefficient (Wildman–Crippen LogP) is 4.54. The number of aryl methyl sites for hydroxylation is 1. The lowest BCUT2D eigenvalue weighted by molar-refractivity contribution is 0.0910. The first kappa shape index (κ1) is 17.0. The van der Waals surface area contributed by atoms with Crippen molar-refractivity contribution < 1.29 is 8.94 Å². The van der Waals surface area contributed by atoms with E-state index in [0.717, 1.165) is 24.6 Å². The highest BCUT2D eigenvalue weighted by Gasteiger charge is 2.30. The summed E-state index contributed by atoms with van der Waals surface area (Å²) in [7, 11) is 0. The summed E-state index contributed by atoms with van der Waals surface area (Å²) in [6.45, 7) is 6.13. The van der Waals surface area contributed by atoms with Crippen LogP contribution in [0.25, 0.3) is 0 Å². The van der Waals surface area contributed by atoms with Gasteiger partial charge in [-0.25, -0.2) is 0 Å². The molecule has 1 saturated heterocycles. The van der Waals surface area contributed by atoms with E-state index in [1.165, 1.54) is 17.5 Å². The van der Waals surface area contributed by atoms with Gasteiger partial charge in [-0.3, -0.25) is 4.90 Å². The monoisotopic (exact) mass is 351 g/mol. The Labute approximate surface area is 154 Å². The highest BCUT2D eigenvalue weighted by Crippen LogP contribution is 2.35. The Morgan fingerprint density at radius 1 is 1.19 bits per heavy atom. The smallest absolute Gasteiger partial charge is 0.231 e. The second-order valence-corrected chi connectivity index (χ2v) is 7.34. The van der Waals surface area contributed by atoms with Crippen molar-refractivity contribution in [2.75, 3.05) is 6.54 Å². The van der Waals surface area contributed by atoms with Gasteiger partial charge in [0.1, 0.15) is 5.76 Å². The number of hydrogen-bond donors (Lipinski definition) is 0. The van der Waals surface area contributed by atoms with Crippen molar-refractivity contribution in [3.05, 3.63) is 71.3 Å². The zero-order valence-electron chi connectivity index (χ0n) is 15.4. The minimum absolute atomic E-state index is 0.284. The minimum atomic E-state index is 0.284. The third-order valence-corrected chi connectivity index (χ3v) is 5.30. The van der Waals surface area contributed by atoms with Crippen LogP contribution >= 0.6 is 0 Å². The lowest BCUT2D eigenvalue weighted by atomic mass is 9.91. The Kier molecular flexibility index (Phi) is 4.89. The number of piperidine rings is 1. The van der Waals surface area contributed by atoms with E-state index in [-0.39, 0.29) is 6.04 Å². The lowest BCUT2D eigenvalue weighted by Crippen LogP contribution is -2.35. The molecule has 3 aromatic rings. The van der Waals surface area contributed by atoms with Crippen molar-refractivity contribution >= 4 is 0 Å². The van der Waals surface area contributed by atoms with Gasteiger partial charge in [-0.15, -0.1) is 0 Å². The molecule has 0 radical (unpaired) electrons. The summed E-state index contributed by atoms with van der Waals surface area (Å²) in [5.74, 6) is 3.15. The second-order valence-electron chi connectivity index (χ2n) is 7.34. The fraction of sp³-hybridized carbons (Fsp3) is 0.429. The molecule has 3 heterocycles. The van der Waals surface area contributed by atoms with Gasteiger partial charge in [0.2, 0.25) is 5.89 Å². The molecule has 1 aliphatic rings. The highest BCUT2D eigenvalue weighted by molar-refractivity contribution is 5.27. The molecule has 0 bridgehead atoms. The molecule has 1 fully saturated rings. The Bertz CT molecular complexity index is 841. The van der Waals surface area contributed by atoms with Gasteiger partial charge < -0.3 is 8.94 Å². The first-order valence-electron chi connectivity index (χ1n) is 9.32. The third kappa shape index (κ3) is 3.73. The topological polar surface area (TPSA) is 55.3 Å². The summed E-state index contributed by atoms with van der Waals surface area (Å²) >= 11 is 0. The molecule has 5 heteroatoms. The molecule has 0 aliphatic carbocycles. The fourth-order valence-electron chi connectivity index (χ4n) is 3.74. The van der Waals surface area contributed by atoms with Crippen LogP contribution < -0.4 is 0 Å². The summed E-state index contributed by atoms with van der Waals surface area (Å²) in [6, 6.07) is 12.6. The van der Waals surface area contributed by atoms with Crippen LogP contribution in [0.15, 0.2) is 51.6 Å². The SMILES string of the molecule is Cc1ccccc1Cc1nc(CN2CC[C@@H](C)C[C@H]2c2ccco2)no1. The van der Waals surface area contributed by atoms with E-state index in [1.54, 1.807) is 6.26 Å². The van der Waals surface area contributed by atoms with E-state index in [0.29, 0.717) is 24.8 Å². The summed E-state index contributed by atoms with van der Waals surface area (Å²) in [5.41, 5.74) is 2.47. The Balaban J connectivity index is 1.47. The van der Waals surface area contributed by atoms with Crippen molar-refractivity contribution in [2.45, 2.75) is 45.7 Å². The van der Waals surface area contributed by atoms with E-state index in [1.807, 2.05) is 18.2 Å². The average molecular weight is 351 g/mol. The Hall–Kier alpha value is -2.40. The van der Waals surface area contributed by atoms with Gasteiger partial charge in [0.25, 0.3) is 0 Å². The van der Waals surface area contributed by atoms with Crippen molar-refractivity contribution in [3.8, 4) is 0 Å². The van der Waals surface area contributed by atoms with Gasteiger partial charge in [-0.2, -0.15) is 4.98 Å². The van der Waals surface area contributed by atoms with Gasteiger partial charge in [-0.05, 0) is 55.5 Å². The van der Waals surface area contributed by atoms with Crippen LogP contribution in [0, 0.1) is 12.8 Å². The molecule has 2 atom stereocenters. The molecule has 1 aromatic carbocycles. The summed E-state index contributed by atoms with van der Waals surface area (Å²) in [6.07, 6.45) is 4.71. The van der Waals surface area contributed by atoms with E-state index in [4.69, 9.17) is 8.94 Å². The third-order valence-electron chi connectivity index (χ3n) is 5.30. The first-order chi connectivity index (χ1) is 12.7. The molecular weight excluding hydrogens is 326 g/mol. The molecular formula is C21H25N3O2. The molecule has 0 N–H and O–H groups in total. The largest absolute Gasteiger partial charge is 0.468 e. The Morgan fingerprint density at radius 2 is 2.08 bits per heavy atom. The average Bonchev–Trinajstić information content (AvgIpc) is 3.31. The number of aromatic nitrogens is 2. The van der Waals surface area contributed by atoms with Crippen LogP contribution in [0.1, 0.15) is 54.4 Å². The fourth-order valence-corrected chi connectivity index (χ4v) is 3.74. The van der Waals surface area contributed by atoms with Gasteiger partial charge in [0.15, 0.2) is 5.82 Å². The molecule has 26 heavy (non-hydrogen) atoms. The predicted molar refractivity (Wildman–Crippen MR) is 98.5 cm³/mol. The number of furan rings is 1. The summed E-state index contributed by atoms with van der Waals surface area (Å²) < 4.78 is 11.2. The standard InChI is InChI=1S/C21H25N3O2/c1-15-9-10-24(18(12-15)19-8-5-11-25-19)14-20-22-21(26-23-20)13-17-7-4-3-6-16(17)2/h3-8,11,15,18H,9-10,12-14H2,1-2H3/t15-,18+/m1/s1. The number of rotatable bonds is 5. The van der Waals surface area contributed by atoms with Crippen LogP contribution in [0.5, 0.6) is 0 Å². The summed E-state index contributed by atoms with van der Waals surface area (Å²) in [4.78, 5) is 7.03. The number of likely N-dealkylation sites (tertiary alicyclic amines) is 1. The number of benzene rings is 1. The van der Waals surface area contributed by atoms with E-state index in [9.17, 15) is 0 Å². The van der Waals surface area contributed by atoms with Crippen molar-refractivity contribution in [3.63, 3.8) is 0 Å². The molecule has 1 aliphatic heterocycles. The van der Waals surface area contributed by atoms with Crippen LogP contribution in [0.2, 0.25) is 0 Å². The zero-order chi connectivity index (χ0) is 17.9. The maximum absolute atomic E-state index is 5.68.